The number of nitrogens with two attached hydrogens (primary N) is 1. The Hall–Kier alpha value is -4.50. The third-order valence-electron chi connectivity index (χ3n) is 7.51. The van der Waals surface area contributed by atoms with E-state index in [4.69, 9.17) is 15.7 Å². The van der Waals surface area contributed by atoms with Gasteiger partial charge in [0, 0.05) is 36.0 Å². The maximum atomic E-state index is 14.4. The van der Waals surface area contributed by atoms with Gasteiger partial charge in [-0.25, -0.2) is 15.1 Å². The first-order chi connectivity index (χ1) is 21.2. The lowest BCUT2D eigenvalue weighted by molar-refractivity contribution is -0.862. The van der Waals surface area contributed by atoms with Crippen molar-refractivity contribution in [2.75, 3.05) is 52.2 Å². The first kappa shape index (κ1) is 31.9. The van der Waals surface area contributed by atoms with Crippen molar-refractivity contribution in [2.45, 2.75) is 39.0 Å². The van der Waals surface area contributed by atoms with Crippen LogP contribution in [0.15, 0.2) is 22.3 Å². The molecule has 1 atom stereocenters. The molecule has 0 aliphatic carbocycles. The Morgan fingerprint density at radius 1 is 1.20 bits per heavy atom. The molecular weight excluding hydrogens is 594 g/mol. The number of aromatic amines is 1. The number of amides is 2. The molecule has 5 heterocycles. The summed E-state index contributed by atoms with van der Waals surface area (Å²) in [5.74, 6) is 0.361. The zero-order valence-electron chi connectivity index (χ0n) is 26.5. The van der Waals surface area contributed by atoms with Crippen molar-refractivity contribution in [1.29, 1.82) is 0 Å². The number of carbonyl (C=O) groups excluding carboxylic acids is 2. The summed E-state index contributed by atoms with van der Waals surface area (Å²) in [6, 6.07) is 3.13. The molecule has 0 radical (unpaired) electrons. The van der Waals surface area contributed by atoms with Crippen LogP contribution in [0.25, 0.3) is 28.5 Å². The number of H-pyrrole nitrogens is 1. The molecule has 14 nitrogen and oxygen atoms in total. The second-order valence-corrected chi connectivity index (χ2v) is 14.3. The van der Waals surface area contributed by atoms with E-state index in [9.17, 15) is 14.4 Å². The lowest BCUT2D eigenvalue weighted by Gasteiger charge is -2.34. The average molecular weight is 635 g/mol. The molecule has 5 rings (SSSR count). The molecule has 2 amide bonds. The first-order valence-corrected chi connectivity index (χ1v) is 15.7. The number of likely N-dealkylation sites (N-methyl/N-ethyl adjacent to an activating group) is 1. The zero-order chi connectivity index (χ0) is 32.5. The number of thiazole rings is 1. The highest BCUT2D eigenvalue weighted by atomic mass is 32.1. The monoisotopic (exact) mass is 634 g/mol. The maximum Gasteiger partial charge on any atom is 0.275 e. The number of tetrazole rings is 1. The smallest absolute Gasteiger partial charge is 0.275 e. The summed E-state index contributed by atoms with van der Waals surface area (Å²) in [7, 11) is 5.93. The van der Waals surface area contributed by atoms with Crippen LogP contribution in [0.1, 0.15) is 61.1 Å². The Morgan fingerprint density at radius 3 is 2.62 bits per heavy atom. The molecule has 1 unspecified atom stereocenters. The van der Waals surface area contributed by atoms with Crippen LogP contribution in [0.2, 0.25) is 0 Å². The molecule has 0 spiro atoms. The van der Waals surface area contributed by atoms with E-state index in [1.807, 2.05) is 26.5 Å². The Bertz CT molecular complexity index is 1800. The van der Waals surface area contributed by atoms with Gasteiger partial charge in [-0.15, -0.1) is 16.4 Å². The van der Waals surface area contributed by atoms with Crippen LogP contribution in [0.4, 0.5) is 5.82 Å². The normalized spacial score (nSPS) is 16.0. The van der Waals surface area contributed by atoms with Gasteiger partial charge < -0.3 is 20.4 Å². The van der Waals surface area contributed by atoms with Crippen LogP contribution in [0, 0.1) is 5.92 Å². The zero-order valence-corrected chi connectivity index (χ0v) is 27.3. The van der Waals surface area contributed by atoms with Crippen LogP contribution >= 0.6 is 11.3 Å². The fourth-order valence-corrected chi connectivity index (χ4v) is 6.30. The Kier molecular flexibility index (Phi) is 8.85. The van der Waals surface area contributed by atoms with E-state index in [1.165, 1.54) is 21.8 Å². The molecule has 1 aliphatic rings. The number of piperidine rings is 1. The van der Waals surface area contributed by atoms with Crippen LogP contribution in [0.3, 0.4) is 0 Å². The van der Waals surface area contributed by atoms with Crippen LogP contribution in [-0.2, 0) is 10.2 Å². The fraction of sp³-hybridized carbons (Fsp3) is 0.467. The molecule has 4 aromatic heterocycles. The highest BCUT2D eigenvalue weighted by molar-refractivity contribution is 7.13. The number of nitrogens with one attached hydrogen (secondary N) is 2. The van der Waals surface area contributed by atoms with Crippen molar-refractivity contribution in [1.82, 2.24) is 40.3 Å². The number of pyridine rings is 1. The van der Waals surface area contributed by atoms with Gasteiger partial charge >= 0.3 is 0 Å². The van der Waals surface area contributed by atoms with Crippen molar-refractivity contribution in [3.8, 4) is 10.7 Å². The summed E-state index contributed by atoms with van der Waals surface area (Å²) < 4.78 is 2.02. The summed E-state index contributed by atoms with van der Waals surface area (Å²) in [6.07, 6.45) is 5.06. The third kappa shape index (κ3) is 7.42. The number of aromatic nitrogens is 7. The van der Waals surface area contributed by atoms with E-state index >= 15 is 0 Å². The largest absolute Gasteiger partial charge is 0.366 e. The SMILES string of the molecule is CC(C)(C)c1csc(-c2cc(C(N)=O)cc3nc(N4CCCC(CNC(=O)C[N+](C)(C)C)C4)c(C=Cc4nnn[nH]4)c(=O)n23)n1. The predicted molar refractivity (Wildman–Crippen MR) is 174 cm³/mol. The molecular formula is C30H40N11O3S+. The summed E-state index contributed by atoms with van der Waals surface area (Å²) >= 11 is 1.39. The van der Waals surface area contributed by atoms with Crippen LogP contribution in [0.5, 0.6) is 0 Å². The van der Waals surface area contributed by atoms with Gasteiger partial charge in [0.15, 0.2) is 12.4 Å². The Morgan fingerprint density at radius 2 is 1.98 bits per heavy atom. The number of hydrogen-bond acceptors (Lipinski definition) is 10. The average Bonchev–Trinajstić information content (AvgIpc) is 3.67. The predicted octanol–water partition coefficient (Wildman–Crippen LogP) is 1.94. The number of anilines is 1. The summed E-state index contributed by atoms with van der Waals surface area (Å²) in [6.45, 7) is 8.34. The van der Waals surface area contributed by atoms with Crippen molar-refractivity contribution in [3.05, 3.63) is 50.5 Å². The van der Waals surface area contributed by atoms with Gasteiger partial charge in [0.2, 0.25) is 5.91 Å². The lowest BCUT2D eigenvalue weighted by Crippen LogP contribution is -2.47. The molecule has 1 aliphatic heterocycles. The summed E-state index contributed by atoms with van der Waals surface area (Å²) in [5.41, 5.74) is 7.33. The molecule has 238 valence electrons. The summed E-state index contributed by atoms with van der Waals surface area (Å²) in [4.78, 5) is 51.3. The minimum Gasteiger partial charge on any atom is -0.366 e. The molecule has 0 saturated carbocycles. The van der Waals surface area contributed by atoms with Gasteiger partial charge in [0.1, 0.15) is 16.5 Å². The van der Waals surface area contributed by atoms with Gasteiger partial charge in [-0.2, -0.15) is 0 Å². The van der Waals surface area contributed by atoms with E-state index in [0.717, 1.165) is 18.5 Å². The molecule has 4 aromatic rings. The van der Waals surface area contributed by atoms with Crippen LogP contribution < -0.4 is 21.5 Å². The van der Waals surface area contributed by atoms with Gasteiger partial charge in [0.05, 0.1) is 38.1 Å². The molecule has 45 heavy (non-hydrogen) atoms. The number of primary amides is 1. The second kappa shape index (κ2) is 12.5. The van der Waals surface area contributed by atoms with Gasteiger partial charge in [-0.3, -0.25) is 18.8 Å². The van der Waals surface area contributed by atoms with Gasteiger partial charge in [-0.1, -0.05) is 20.8 Å². The van der Waals surface area contributed by atoms with Gasteiger partial charge in [0.25, 0.3) is 11.5 Å². The molecule has 1 fully saturated rings. The van der Waals surface area contributed by atoms with E-state index < -0.39 is 5.91 Å². The fourth-order valence-electron chi connectivity index (χ4n) is 5.25. The second-order valence-electron chi connectivity index (χ2n) is 13.5. The first-order valence-electron chi connectivity index (χ1n) is 14.8. The maximum absolute atomic E-state index is 14.4. The molecule has 0 aromatic carbocycles. The number of fused-ring (bicyclic) bond motifs is 1. The summed E-state index contributed by atoms with van der Waals surface area (Å²) in [5, 5.41) is 19.4. The molecule has 0 bridgehead atoms. The van der Waals surface area contributed by atoms with E-state index in [1.54, 1.807) is 18.2 Å². The number of carbonyl (C=O) groups is 2. The minimum absolute atomic E-state index is 0.00528. The van der Waals surface area contributed by atoms with Crippen molar-refractivity contribution in [2.24, 2.45) is 11.7 Å². The van der Waals surface area contributed by atoms with Crippen LogP contribution in [-0.4, -0.2) is 98.6 Å². The third-order valence-corrected chi connectivity index (χ3v) is 8.38. The number of rotatable bonds is 9. The topological polar surface area (TPSA) is 177 Å². The molecule has 1 saturated heterocycles. The minimum atomic E-state index is -0.633. The van der Waals surface area contributed by atoms with Crippen molar-refractivity contribution < 1.29 is 14.1 Å². The number of quaternary nitrogens is 1. The van der Waals surface area contributed by atoms with E-state index in [-0.39, 0.29) is 34.0 Å². The standard InChI is InChI=1S/C30H39N11O3S/c1-30(2,3)22-17-45-28(33-22)21-12-19(26(31)43)13-24-34-27(20(29(44)40(21)24)9-10-23-35-37-38-36-23)39-11-7-8-18(15-39)14-32-25(42)16-41(4,5)6/h9-10,12-13,17-18H,7-8,11,14-16H2,1-6H3,(H3-,31,32,33,35,36,37,38,42,43)/p+1. The Balaban J connectivity index is 1.61. The highest BCUT2D eigenvalue weighted by Crippen LogP contribution is 2.32. The lowest BCUT2D eigenvalue weighted by atomic mass is 9.93. The van der Waals surface area contributed by atoms with Crippen molar-refractivity contribution in [3.63, 3.8) is 0 Å². The van der Waals surface area contributed by atoms with Gasteiger partial charge in [-0.05, 0) is 53.5 Å². The van der Waals surface area contributed by atoms with E-state index in [2.05, 4.69) is 51.6 Å². The van der Waals surface area contributed by atoms with E-state index in [0.29, 0.717) is 58.6 Å². The quantitative estimate of drug-likeness (QED) is 0.232. The number of hydrogen-bond donors (Lipinski definition) is 3. The molecule has 15 heteroatoms. The Labute approximate surface area is 265 Å². The van der Waals surface area contributed by atoms with Crippen molar-refractivity contribution >= 4 is 46.8 Å². The number of nitrogens with zero attached hydrogens (tertiary/aromatic N) is 8. The highest BCUT2D eigenvalue weighted by Gasteiger charge is 2.27. The molecule has 4 N–H and O–H groups in total.